The maximum atomic E-state index is 13.0. The molecule has 3 rings (SSSR count). The Morgan fingerprint density at radius 1 is 1.03 bits per heavy atom. The molecular formula is C22H17F3N2O5S. The predicted molar refractivity (Wildman–Crippen MR) is 113 cm³/mol. The van der Waals surface area contributed by atoms with Crippen LogP contribution in [0.5, 0.6) is 5.75 Å². The van der Waals surface area contributed by atoms with E-state index in [-0.39, 0.29) is 28.1 Å². The Balaban J connectivity index is 1.95. The summed E-state index contributed by atoms with van der Waals surface area (Å²) in [5.74, 6) is -1.55. The molecule has 3 aromatic rings. The normalized spacial score (nSPS) is 11.6. The van der Waals surface area contributed by atoms with Crippen LogP contribution in [0.3, 0.4) is 0 Å². The van der Waals surface area contributed by atoms with Crippen LogP contribution in [0.4, 0.5) is 18.9 Å². The van der Waals surface area contributed by atoms with Crippen molar-refractivity contribution in [2.75, 3.05) is 4.72 Å². The number of benzene rings is 2. The third-order valence-electron chi connectivity index (χ3n) is 4.42. The number of aromatic nitrogens is 1. The molecule has 0 bridgehead atoms. The first-order valence-electron chi connectivity index (χ1n) is 9.41. The highest BCUT2D eigenvalue weighted by Gasteiger charge is 2.31. The number of hydrogen-bond acceptors (Lipinski definition) is 6. The van der Waals surface area contributed by atoms with Crippen molar-refractivity contribution in [1.29, 1.82) is 0 Å². The third kappa shape index (κ3) is 6.16. The van der Waals surface area contributed by atoms with Crippen LogP contribution in [0.1, 0.15) is 33.2 Å². The summed E-state index contributed by atoms with van der Waals surface area (Å²) in [6.45, 7) is 1.24. The first-order valence-corrected chi connectivity index (χ1v) is 10.9. The van der Waals surface area contributed by atoms with Crippen LogP contribution in [0.15, 0.2) is 71.9 Å². The smallest absolute Gasteiger partial charge is 0.406 e. The summed E-state index contributed by atoms with van der Waals surface area (Å²) in [6, 6.07) is 11.0. The Morgan fingerprint density at radius 2 is 1.73 bits per heavy atom. The molecule has 7 nitrogen and oxygen atoms in total. The van der Waals surface area contributed by atoms with Gasteiger partial charge in [-0.15, -0.1) is 13.2 Å². The number of hydrogen-bond donors (Lipinski definition) is 1. The molecular weight excluding hydrogens is 461 g/mol. The molecule has 0 spiro atoms. The first kappa shape index (κ1) is 23.9. The van der Waals surface area contributed by atoms with Gasteiger partial charge in [0.1, 0.15) is 5.75 Å². The molecule has 2 aromatic carbocycles. The number of nitrogens with one attached hydrogen (secondary N) is 1. The summed E-state index contributed by atoms with van der Waals surface area (Å²) in [5.41, 5.74) is 0.342. The lowest BCUT2D eigenvalue weighted by atomic mass is 9.95. The highest BCUT2D eigenvalue weighted by molar-refractivity contribution is 7.92. The predicted octanol–water partition coefficient (Wildman–Crippen LogP) is 4.41. The molecule has 11 heteroatoms. The van der Waals surface area contributed by atoms with Crippen molar-refractivity contribution >= 4 is 27.3 Å². The molecule has 33 heavy (non-hydrogen) atoms. The fraction of sp³-hybridized carbons (Fsp3) is 0.136. The molecule has 0 unspecified atom stereocenters. The van der Waals surface area contributed by atoms with E-state index in [4.69, 9.17) is 0 Å². The number of alkyl halides is 3. The zero-order valence-corrected chi connectivity index (χ0v) is 17.9. The maximum absolute atomic E-state index is 13.0. The minimum Gasteiger partial charge on any atom is -0.406 e. The lowest BCUT2D eigenvalue weighted by Gasteiger charge is -2.15. The molecule has 0 atom stereocenters. The third-order valence-corrected chi connectivity index (χ3v) is 5.80. The molecule has 1 heterocycles. The van der Waals surface area contributed by atoms with E-state index >= 15 is 0 Å². The van der Waals surface area contributed by atoms with Gasteiger partial charge >= 0.3 is 6.36 Å². The molecule has 0 saturated carbocycles. The Kier molecular flexibility index (Phi) is 6.82. The quantitative estimate of drug-likeness (QED) is 0.481. The van der Waals surface area contributed by atoms with Crippen LogP contribution in [0, 0.1) is 0 Å². The van der Waals surface area contributed by atoms with E-state index in [1.165, 1.54) is 37.5 Å². The van der Waals surface area contributed by atoms with Crippen LogP contribution in [0.2, 0.25) is 0 Å². The molecule has 0 amide bonds. The first-order chi connectivity index (χ1) is 15.5. The second kappa shape index (κ2) is 9.41. The van der Waals surface area contributed by atoms with Crippen molar-refractivity contribution in [2.45, 2.75) is 24.6 Å². The zero-order valence-electron chi connectivity index (χ0n) is 17.1. The van der Waals surface area contributed by atoms with Gasteiger partial charge in [0.25, 0.3) is 10.0 Å². The van der Waals surface area contributed by atoms with Crippen LogP contribution in [-0.4, -0.2) is 31.3 Å². The minimum atomic E-state index is -4.92. The van der Waals surface area contributed by atoms with Gasteiger partial charge in [-0.05, 0) is 48.9 Å². The van der Waals surface area contributed by atoms with Crippen LogP contribution in [-0.2, 0) is 16.4 Å². The van der Waals surface area contributed by atoms with E-state index < -0.39 is 33.7 Å². The van der Waals surface area contributed by atoms with Crippen molar-refractivity contribution in [1.82, 2.24) is 4.98 Å². The van der Waals surface area contributed by atoms with E-state index in [2.05, 4.69) is 14.4 Å². The summed E-state index contributed by atoms with van der Waals surface area (Å²) < 4.78 is 68.6. The van der Waals surface area contributed by atoms with Crippen LogP contribution < -0.4 is 9.46 Å². The molecule has 0 fully saturated rings. The molecule has 0 radical (unpaired) electrons. The number of sulfonamides is 1. The van der Waals surface area contributed by atoms with Crippen molar-refractivity contribution in [3.63, 3.8) is 0 Å². The molecule has 1 aromatic heterocycles. The number of carbonyl (C=O) groups is 2. The minimum absolute atomic E-state index is 0.0259. The Bertz CT molecular complexity index is 1280. The standard InChI is InChI=1S/C22H17F3N2O5S/c1-14(28)18-5-2-6-19(21(18)20(29)12-15-4-3-11-26-13-15)27-33(30,31)17-9-7-16(8-10-17)32-22(23,24)25/h2-11,13,27H,12H2,1H3. The number of halogens is 3. The number of ether oxygens (including phenoxy) is 1. The van der Waals surface area contributed by atoms with E-state index in [0.717, 1.165) is 24.3 Å². The SMILES string of the molecule is CC(=O)c1cccc(NS(=O)(=O)c2ccc(OC(F)(F)F)cc2)c1C(=O)Cc1cccnc1. The molecule has 1 N–H and O–H groups in total. The molecule has 172 valence electrons. The summed E-state index contributed by atoms with van der Waals surface area (Å²) in [4.78, 5) is 28.7. The Hall–Kier alpha value is -3.73. The number of Topliss-reactive ketones (excluding diaryl/α,β-unsaturated/α-hetero) is 2. The van der Waals surface area contributed by atoms with Gasteiger partial charge in [-0.2, -0.15) is 0 Å². The van der Waals surface area contributed by atoms with Crippen molar-refractivity contribution < 1.29 is 35.9 Å². The molecule has 0 aliphatic carbocycles. The number of ketones is 2. The highest BCUT2D eigenvalue weighted by Crippen LogP contribution is 2.28. The van der Waals surface area contributed by atoms with Gasteiger partial charge in [-0.3, -0.25) is 19.3 Å². The maximum Gasteiger partial charge on any atom is 0.573 e. The molecule has 0 aliphatic rings. The summed E-state index contributed by atoms with van der Waals surface area (Å²) in [5, 5.41) is 0. The van der Waals surface area contributed by atoms with E-state index in [1.807, 2.05) is 0 Å². The van der Waals surface area contributed by atoms with Crippen molar-refractivity contribution in [2.24, 2.45) is 0 Å². The van der Waals surface area contributed by atoms with Gasteiger partial charge in [0.2, 0.25) is 0 Å². The van der Waals surface area contributed by atoms with E-state index in [9.17, 15) is 31.2 Å². The molecule has 0 saturated heterocycles. The van der Waals surface area contributed by atoms with Gasteiger partial charge in [-0.1, -0.05) is 18.2 Å². The van der Waals surface area contributed by atoms with Crippen LogP contribution in [0.25, 0.3) is 0 Å². The van der Waals surface area contributed by atoms with Gasteiger partial charge in [0, 0.05) is 24.4 Å². The number of anilines is 1. The van der Waals surface area contributed by atoms with E-state index in [1.54, 1.807) is 12.1 Å². The van der Waals surface area contributed by atoms with Gasteiger partial charge in [-0.25, -0.2) is 8.42 Å². The van der Waals surface area contributed by atoms with Gasteiger partial charge in [0.05, 0.1) is 16.1 Å². The average molecular weight is 478 g/mol. The number of rotatable bonds is 8. The average Bonchev–Trinajstić information content (AvgIpc) is 2.73. The fourth-order valence-electron chi connectivity index (χ4n) is 3.03. The number of pyridine rings is 1. The van der Waals surface area contributed by atoms with Gasteiger partial charge in [0.15, 0.2) is 11.6 Å². The monoisotopic (exact) mass is 478 g/mol. The van der Waals surface area contributed by atoms with E-state index in [0.29, 0.717) is 5.56 Å². The van der Waals surface area contributed by atoms with Crippen LogP contribution >= 0.6 is 0 Å². The Labute approximate surface area is 187 Å². The topological polar surface area (TPSA) is 102 Å². The fourth-order valence-corrected chi connectivity index (χ4v) is 4.10. The lowest BCUT2D eigenvalue weighted by Crippen LogP contribution is -2.19. The largest absolute Gasteiger partial charge is 0.573 e. The number of carbonyl (C=O) groups excluding carboxylic acids is 2. The highest BCUT2D eigenvalue weighted by atomic mass is 32.2. The lowest BCUT2D eigenvalue weighted by molar-refractivity contribution is -0.274. The van der Waals surface area contributed by atoms with Crippen molar-refractivity contribution in [3.05, 3.63) is 83.7 Å². The summed E-state index contributed by atoms with van der Waals surface area (Å²) in [6.07, 6.45) is -2.05. The molecule has 0 aliphatic heterocycles. The summed E-state index contributed by atoms with van der Waals surface area (Å²) in [7, 11) is -4.31. The second-order valence-corrected chi connectivity index (χ2v) is 8.55. The summed E-state index contributed by atoms with van der Waals surface area (Å²) >= 11 is 0. The van der Waals surface area contributed by atoms with Gasteiger partial charge < -0.3 is 4.74 Å². The second-order valence-electron chi connectivity index (χ2n) is 6.87. The zero-order chi connectivity index (χ0) is 24.2. The Morgan fingerprint density at radius 3 is 2.30 bits per heavy atom. The van der Waals surface area contributed by atoms with Crippen molar-refractivity contribution in [3.8, 4) is 5.75 Å². The number of nitrogens with zero attached hydrogens (tertiary/aromatic N) is 1.